The van der Waals surface area contributed by atoms with Gasteiger partial charge in [0, 0.05) is 51.1 Å². The topological polar surface area (TPSA) is 68.2 Å². The molecule has 4 unspecified atom stereocenters. The summed E-state index contributed by atoms with van der Waals surface area (Å²) in [6, 6.07) is 87.2. The molecule has 5 nitrogen and oxygen atoms in total. The van der Waals surface area contributed by atoms with E-state index in [0.717, 1.165) is 151 Å². The van der Waals surface area contributed by atoms with Gasteiger partial charge in [0.2, 0.25) is 0 Å². The second kappa shape index (κ2) is 19.0. The minimum Gasteiger partial charge on any atom is -0.508 e. The van der Waals surface area contributed by atoms with Crippen LogP contribution in [0.1, 0.15) is 74.2 Å². The van der Waals surface area contributed by atoms with Gasteiger partial charge in [0.15, 0.2) is 0 Å². The Kier molecular flexibility index (Phi) is 10.9. The lowest BCUT2D eigenvalue weighted by atomic mass is 9.71. The van der Waals surface area contributed by atoms with Crippen LogP contribution in [0.4, 0.5) is 0 Å². The van der Waals surface area contributed by atoms with Crippen molar-refractivity contribution in [2.75, 3.05) is 0 Å². The first kappa shape index (κ1) is 48.1. The molecule has 0 spiro atoms. The molecule has 398 valence electrons. The van der Waals surface area contributed by atoms with Gasteiger partial charge in [0.25, 0.3) is 0 Å². The predicted molar refractivity (Wildman–Crippen MR) is 338 cm³/mol. The Morgan fingerprint density at radius 1 is 0.310 bits per heavy atom. The zero-order chi connectivity index (χ0) is 55.6. The summed E-state index contributed by atoms with van der Waals surface area (Å²) in [6.07, 6.45) is 7.93. The fraction of sp³-hybridized carbons (Fsp3) is 0.0633. The van der Waals surface area contributed by atoms with Crippen molar-refractivity contribution in [2.24, 2.45) is 5.92 Å². The van der Waals surface area contributed by atoms with Crippen molar-refractivity contribution in [1.82, 2.24) is 0 Å². The molecule has 2 N–H and O–H groups in total. The van der Waals surface area contributed by atoms with Crippen LogP contribution in [-0.2, 0) is 0 Å². The van der Waals surface area contributed by atoms with Crippen molar-refractivity contribution in [3.8, 4) is 68.2 Å². The Balaban J connectivity index is 0.891. The number of hydrogen-bond donors (Lipinski definition) is 2. The Labute approximate surface area is 485 Å². The van der Waals surface area contributed by atoms with Crippen molar-refractivity contribution < 1.29 is 24.4 Å². The quantitative estimate of drug-likeness (QED) is 0.174. The average Bonchev–Trinajstić information content (AvgIpc) is 1.98. The summed E-state index contributed by atoms with van der Waals surface area (Å²) in [5.41, 5.74) is 15.9. The highest BCUT2D eigenvalue weighted by Gasteiger charge is 2.40. The van der Waals surface area contributed by atoms with E-state index in [1.807, 2.05) is 24.3 Å². The molecule has 4 aliphatic rings. The lowest BCUT2D eigenvalue weighted by Crippen LogP contribution is -2.20. The van der Waals surface area contributed by atoms with E-state index < -0.39 is 0 Å². The molecule has 13 aromatic rings. The number of benzene rings is 13. The third kappa shape index (κ3) is 7.62. The Bertz CT molecular complexity index is 4910. The number of hydrogen-bond acceptors (Lipinski definition) is 5. The van der Waals surface area contributed by atoms with Crippen molar-refractivity contribution in [1.29, 1.82) is 0 Å². The molecule has 13 aromatic carbocycles. The lowest BCUT2D eigenvalue weighted by molar-refractivity contribution is 0.427. The lowest BCUT2D eigenvalue weighted by Gasteiger charge is -2.37. The van der Waals surface area contributed by atoms with E-state index in [0.29, 0.717) is 0 Å². The average molecular weight is 1080 g/mol. The largest absolute Gasteiger partial charge is 0.508 e. The van der Waals surface area contributed by atoms with Crippen LogP contribution in [0.15, 0.2) is 267 Å². The fourth-order valence-electron chi connectivity index (χ4n) is 14.4. The van der Waals surface area contributed by atoms with Crippen LogP contribution in [0.3, 0.4) is 0 Å². The van der Waals surface area contributed by atoms with Gasteiger partial charge in [-0.3, -0.25) is 0 Å². The van der Waals surface area contributed by atoms with Gasteiger partial charge >= 0.3 is 0 Å². The number of phenols is 2. The van der Waals surface area contributed by atoms with Crippen molar-refractivity contribution in [3.63, 3.8) is 0 Å². The molecule has 3 aliphatic heterocycles. The smallest absolute Gasteiger partial charge is 0.132 e. The monoisotopic (exact) mass is 1080 g/mol. The zero-order valence-corrected chi connectivity index (χ0v) is 45.5. The van der Waals surface area contributed by atoms with Crippen molar-refractivity contribution in [3.05, 3.63) is 317 Å². The normalized spacial score (nSPS) is 17.2. The zero-order valence-electron chi connectivity index (χ0n) is 45.5. The first-order valence-corrected chi connectivity index (χ1v) is 28.9. The second-order valence-electron chi connectivity index (χ2n) is 22.8. The van der Waals surface area contributed by atoms with Gasteiger partial charge in [0.1, 0.15) is 46.0 Å². The maximum Gasteiger partial charge on any atom is 0.132 e. The minimum absolute atomic E-state index is 0.0889. The highest BCUT2D eigenvalue weighted by molar-refractivity contribution is 6.02. The summed E-state index contributed by atoms with van der Waals surface area (Å²) in [6.45, 7) is 0. The minimum atomic E-state index is -0.272. The van der Waals surface area contributed by atoms with E-state index in [9.17, 15) is 10.2 Å². The first-order chi connectivity index (χ1) is 41.5. The molecule has 5 heteroatoms. The number of fused-ring (bicyclic) bond motifs is 16. The van der Waals surface area contributed by atoms with E-state index in [-0.39, 0.29) is 35.2 Å². The van der Waals surface area contributed by atoms with Crippen LogP contribution in [0.25, 0.3) is 70.9 Å². The van der Waals surface area contributed by atoms with Gasteiger partial charge in [-0.2, -0.15) is 0 Å². The van der Waals surface area contributed by atoms with E-state index in [1.165, 1.54) is 11.1 Å². The number of aromatic hydroxyl groups is 2. The summed E-state index contributed by atoms with van der Waals surface area (Å²) in [5.74, 6) is 4.84. The number of phenolic OH excluding ortho intramolecular Hbond substituents is 2. The van der Waals surface area contributed by atoms with E-state index in [4.69, 9.17) is 14.2 Å². The Morgan fingerprint density at radius 2 is 0.655 bits per heavy atom. The molecule has 1 aliphatic carbocycles. The molecule has 0 saturated carbocycles. The molecular weight excluding hydrogens is 1030 g/mol. The maximum absolute atomic E-state index is 10.8. The molecule has 0 aromatic heterocycles. The third-order valence-corrected chi connectivity index (χ3v) is 18.2. The van der Waals surface area contributed by atoms with E-state index in [2.05, 4.69) is 231 Å². The molecule has 0 fully saturated rings. The summed E-state index contributed by atoms with van der Waals surface area (Å²) < 4.78 is 21.5. The van der Waals surface area contributed by atoms with Crippen LogP contribution >= 0.6 is 0 Å². The molecule has 0 saturated heterocycles. The van der Waals surface area contributed by atoms with Crippen molar-refractivity contribution in [2.45, 2.75) is 24.2 Å². The van der Waals surface area contributed by atoms with Gasteiger partial charge in [-0.1, -0.05) is 206 Å². The third-order valence-electron chi connectivity index (χ3n) is 18.2. The molecule has 84 heavy (non-hydrogen) atoms. The summed E-state index contributed by atoms with van der Waals surface area (Å²) in [5, 5.41) is 30.0. The van der Waals surface area contributed by atoms with Gasteiger partial charge in [-0.05, 0) is 161 Å². The van der Waals surface area contributed by atoms with Crippen LogP contribution in [0, 0.1) is 5.92 Å². The highest BCUT2D eigenvalue weighted by Crippen LogP contribution is 2.60. The van der Waals surface area contributed by atoms with Crippen LogP contribution < -0.4 is 14.2 Å². The number of ether oxygens (including phenoxy) is 3. The SMILES string of the molecule is Oc1ccc2c3c(ccc2c1)Oc1ccc2c4c(ccc2c1C3c1ccc(-c2ccccc2)cc1)Oc1ccc2c3c(ccc2c1C4c1ccc(-c2ccccc2)cc1)Oc1ccc2cc(O)ccc2c1C3C1C=CC(c2ccccc2)=CC1. The fourth-order valence-corrected chi connectivity index (χ4v) is 14.4. The highest BCUT2D eigenvalue weighted by atomic mass is 16.5. The molecule has 3 heterocycles. The molecule has 0 bridgehead atoms. The van der Waals surface area contributed by atoms with Crippen LogP contribution in [0.2, 0.25) is 0 Å². The van der Waals surface area contributed by atoms with Gasteiger partial charge in [0.05, 0.1) is 0 Å². The summed E-state index contributed by atoms with van der Waals surface area (Å²) >= 11 is 0. The summed E-state index contributed by atoms with van der Waals surface area (Å²) in [7, 11) is 0. The first-order valence-electron chi connectivity index (χ1n) is 28.9. The number of allylic oxidation sites excluding steroid dienone is 4. The van der Waals surface area contributed by atoms with Crippen LogP contribution in [0.5, 0.6) is 46.0 Å². The van der Waals surface area contributed by atoms with E-state index >= 15 is 0 Å². The maximum atomic E-state index is 10.8. The Hall–Kier alpha value is -10.6. The molecule has 4 atom stereocenters. The molecule has 0 radical (unpaired) electrons. The van der Waals surface area contributed by atoms with Crippen molar-refractivity contribution >= 4 is 48.7 Å². The standard InChI is InChI=1S/C79H52O5/c80-57-30-32-59-55(44-57)28-38-65-74(59)71(52-22-16-49(17-23-52)46-10-4-1-5-11-46)76-61-34-42-69-78(63(61)36-40-67(76)82-65)73(54-26-20-51(21-27-54)48-14-8-3-9-15-48)79-64-37-41-68-77(62(64)35-43-70(79)84-69)72(53-24-18-50(19-25-53)47-12-6-2-7-13-47)75-60-33-31-58(81)45-56(60)29-39-66(75)83-68/h1-24,26-45,53,71-73,80-81H,25H2. The molecule has 17 rings (SSSR count). The van der Waals surface area contributed by atoms with Gasteiger partial charge in [-0.25, -0.2) is 0 Å². The Morgan fingerprint density at radius 3 is 1.08 bits per heavy atom. The van der Waals surface area contributed by atoms with Crippen LogP contribution in [-0.4, -0.2) is 10.2 Å². The molecular formula is C79H52O5. The summed E-state index contributed by atoms with van der Waals surface area (Å²) in [4.78, 5) is 0. The molecule has 0 amide bonds. The predicted octanol–water partition coefficient (Wildman–Crippen LogP) is 20.5. The number of rotatable bonds is 6. The second-order valence-corrected chi connectivity index (χ2v) is 22.8. The van der Waals surface area contributed by atoms with E-state index in [1.54, 1.807) is 12.1 Å². The van der Waals surface area contributed by atoms with Gasteiger partial charge in [-0.15, -0.1) is 0 Å². The van der Waals surface area contributed by atoms with Gasteiger partial charge < -0.3 is 24.4 Å².